The third-order valence-electron chi connectivity index (χ3n) is 5.70. The first-order valence-electron chi connectivity index (χ1n) is 10.3. The molecule has 0 bridgehead atoms. The fraction of sp³-hybridized carbons (Fsp3) is 0.480. The number of benzene rings is 2. The van der Waals surface area contributed by atoms with E-state index in [1.54, 1.807) is 0 Å². The Balaban J connectivity index is 2.04. The van der Waals surface area contributed by atoms with Gasteiger partial charge in [0, 0.05) is 17.7 Å². The van der Waals surface area contributed by atoms with Crippen molar-refractivity contribution in [1.29, 1.82) is 0 Å². The van der Waals surface area contributed by atoms with Crippen molar-refractivity contribution in [3.63, 3.8) is 0 Å². The zero-order valence-corrected chi connectivity index (χ0v) is 18.6. The Kier molecular flexibility index (Phi) is 5.52. The molecule has 0 aromatic heterocycles. The fourth-order valence-electron chi connectivity index (χ4n) is 4.17. The minimum absolute atomic E-state index is 0.0296. The summed E-state index contributed by atoms with van der Waals surface area (Å²) in [5.41, 5.74) is 5.62. The topological polar surface area (TPSA) is 58.6 Å². The molecular weight excluding hydrogens is 362 g/mol. The number of carbonyl (C=O) groups is 1. The molecule has 0 spiro atoms. The number of ether oxygens (including phenoxy) is 1. The first-order valence-corrected chi connectivity index (χ1v) is 10.3. The number of aliphatic hydroxyl groups excluding tert-OH is 1. The molecule has 2 aromatic rings. The van der Waals surface area contributed by atoms with Crippen LogP contribution in [-0.4, -0.2) is 16.6 Å². The zero-order valence-electron chi connectivity index (χ0n) is 18.6. The predicted molar refractivity (Wildman–Crippen MR) is 118 cm³/mol. The SMILES string of the molecule is Cc1c(NC(=O)CC(C)(C)C)cc2c(c1C)OC(C)(C)C2c1ccc(CO)cc1. The summed E-state index contributed by atoms with van der Waals surface area (Å²) in [5.74, 6) is 0.988. The largest absolute Gasteiger partial charge is 0.486 e. The van der Waals surface area contributed by atoms with Crippen molar-refractivity contribution in [2.45, 2.75) is 73.0 Å². The first-order chi connectivity index (χ1) is 13.4. The lowest BCUT2D eigenvalue weighted by atomic mass is 9.80. The number of hydrogen-bond donors (Lipinski definition) is 2. The van der Waals surface area contributed by atoms with E-state index in [-0.39, 0.29) is 23.8 Å². The van der Waals surface area contributed by atoms with Gasteiger partial charge in [0.15, 0.2) is 0 Å². The van der Waals surface area contributed by atoms with Gasteiger partial charge >= 0.3 is 0 Å². The molecule has 4 nitrogen and oxygen atoms in total. The molecule has 3 rings (SSSR count). The quantitative estimate of drug-likeness (QED) is 0.721. The maximum atomic E-state index is 12.6. The van der Waals surface area contributed by atoms with Crippen LogP contribution in [0.15, 0.2) is 30.3 Å². The van der Waals surface area contributed by atoms with Crippen LogP contribution in [0.2, 0.25) is 0 Å². The molecule has 0 saturated heterocycles. The van der Waals surface area contributed by atoms with Crippen molar-refractivity contribution in [3.05, 3.63) is 58.1 Å². The lowest BCUT2D eigenvalue weighted by Crippen LogP contribution is -2.31. The van der Waals surface area contributed by atoms with Crippen LogP contribution in [0, 0.1) is 19.3 Å². The summed E-state index contributed by atoms with van der Waals surface area (Å²) < 4.78 is 6.41. The number of amides is 1. The first kappa shape index (κ1) is 21.4. The molecule has 1 aliphatic heterocycles. The van der Waals surface area contributed by atoms with Crippen molar-refractivity contribution < 1.29 is 14.6 Å². The molecule has 0 saturated carbocycles. The summed E-state index contributed by atoms with van der Waals surface area (Å²) in [6.07, 6.45) is 0.469. The van der Waals surface area contributed by atoms with Crippen molar-refractivity contribution in [1.82, 2.24) is 0 Å². The van der Waals surface area contributed by atoms with E-state index in [4.69, 9.17) is 4.74 Å². The van der Waals surface area contributed by atoms with Gasteiger partial charge in [-0.2, -0.15) is 0 Å². The van der Waals surface area contributed by atoms with Gasteiger partial charge in [0.2, 0.25) is 5.91 Å². The second-order valence-electron chi connectivity index (χ2n) is 9.92. The van der Waals surface area contributed by atoms with Crippen LogP contribution in [0.1, 0.15) is 74.8 Å². The van der Waals surface area contributed by atoms with Crippen LogP contribution < -0.4 is 10.1 Å². The lowest BCUT2D eigenvalue weighted by molar-refractivity contribution is -0.117. The van der Waals surface area contributed by atoms with Crippen molar-refractivity contribution >= 4 is 11.6 Å². The van der Waals surface area contributed by atoms with Gasteiger partial charge in [-0.25, -0.2) is 0 Å². The van der Waals surface area contributed by atoms with Crippen molar-refractivity contribution in [3.8, 4) is 5.75 Å². The Morgan fingerprint density at radius 1 is 1.14 bits per heavy atom. The van der Waals surface area contributed by atoms with Gasteiger partial charge in [-0.15, -0.1) is 0 Å². The van der Waals surface area contributed by atoms with Crippen LogP contribution in [0.3, 0.4) is 0 Å². The van der Waals surface area contributed by atoms with Gasteiger partial charge in [0.25, 0.3) is 0 Å². The van der Waals surface area contributed by atoms with E-state index < -0.39 is 5.60 Å². The van der Waals surface area contributed by atoms with E-state index in [2.05, 4.69) is 65.1 Å². The Morgan fingerprint density at radius 3 is 2.31 bits per heavy atom. The molecule has 29 heavy (non-hydrogen) atoms. The number of carbonyl (C=O) groups excluding carboxylic acids is 1. The molecule has 2 N–H and O–H groups in total. The maximum Gasteiger partial charge on any atom is 0.224 e. The Bertz CT molecular complexity index is 921. The molecular formula is C25H33NO3. The molecule has 1 aliphatic rings. The van der Waals surface area contributed by atoms with E-state index in [1.807, 2.05) is 19.1 Å². The van der Waals surface area contributed by atoms with E-state index >= 15 is 0 Å². The number of nitrogens with one attached hydrogen (secondary N) is 1. The van der Waals surface area contributed by atoms with E-state index in [0.717, 1.165) is 39.3 Å². The van der Waals surface area contributed by atoms with Crippen LogP contribution in [-0.2, 0) is 11.4 Å². The summed E-state index contributed by atoms with van der Waals surface area (Å²) in [4.78, 5) is 12.6. The highest BCUT2D eigenvalue weighted by atomic mass is 16.5. The number of aliphatic hydroxyl groups is 1. The standard InChI is InChI=1S/C25H33NO3/c1-15-16(2)23-19(12-20(15)26-21(28)13-24(3,4)5)22(25(6,7)29-23)18-10-8-17(14-27)9-11-18/h8-12,22,27H,13-14H2,1-7H3,(H,26,28). The molecule has 156 valence electrons. The smallest absolute Gasteiger partial charge is 0.224 e. The fourth-order valence-corrected chi connectivity index (χ4v) is 4.17. The van der Waals surface area contributed by atoms with Gasteiger partial charge in [-0.1, -0.05) is 45.0 Å². The average molecular weight is 396 g/mol. The highest BCUT2D eigenvalue weighted by Gasteiger charge is 2.43. The normalized spacial score (nSPS) is 17.6. The zero-order chi connectivity index (χ0) is 21.6. The molecule has 1 atom stereocenters. The molecule has 0 fully saturated rings. The van der Waals surface area contributed by atoms with E-state index in [1.165, 1.54) is 0 Å². The molecule has 4 heteroatoms. The number of fused-ring (bicyclic) bond motifs is 1. The molecule has 1 heterocycles. The number of hydrogen-bond acceptors (Lipinski definition) is 3. The van der Waals surface area contributed by atoms with Gasteiger partial charge < -0.3 is 15.2 Å². The Morgan fingerprint density at radius 2 is 1.76 bits per heavy atom. The Labute approximate surface area is 174 Å². The Hall–Kier alpha value is -2.33. The molecule has 1 amide bonds. The van der Waals surface area contributed by atoms with Gasteiger partial charge in [-0.05, 0) is 61.4 Å². The molecule has 0 radical (unpaired) electrons. The lowest BCUT2D eigenvalue weighted by Gasteiger charge is -2.27. The third-order valence-corrected chi connectivity index (χ3v) is 5.70. The average Bonchev–Trinajstić information content (AvgIpc) is 2.88. The van der Waals surface area contributed by atoms with E-state index in [9.17, 15) is 9.90 Å². The molecule has 2 aromatic carbocycles. The highest BCUT2D eigenvalue weighted by Crippen LogP contribution is 2.51. The van der Waals surface area contributed by atoms with Crippen LogP contribution in [0.4, 0.5) is 5.69 Å². The van der Waals surface area contributed by atoms with Gasteiger partial charge in [-0.3, -0.25) is 4.79 Å². The predicted octanol–water partition coefficient (Wildman–Crippen LogP) is 5.47. The number of rotatable bonds is 4. The summed E-state index contributed by atoms with van der Waals surface area (Å²) >= 11 is 0. The molecule has 0 aliphatic carbocycles. The third kappa shape index (κ3) is 4.32. The van der Waals surface area contributed by atoms with Crippen LogP contribution >= 0.6 is 0 Å². The van der Waals surface area contributed by atoms with Crippen molar-refractivity contribution in [2.75, 3.05) is 5.32 Å². The molecule has 1 unspecified atom stereocenters. The summed E-state index contributed by atoms with van der Waals surface area (Å²) in [5, 5.41) is 12.5. The summed E-state index contributed by atoms with van der Waals surface area (Å²) in [6, 6.07) is 10.1. The monoisotopic (exact) mass is 395 g/mol. The van der Waals surface area contributed by atoms with Crippen molar-refractivity contribution in [2.24, 2.45) is 5.41 Å². The minimum Gasteiger partial charge on any atom is -0.486 e. The van der Waals surface area contributed by atoms with E-state index in [0.29, 0.717) is 6.42 Å². The van der Waals surface area contributed by atoms with Gasteiger partial charge in [0.05, 0.1) is 12.5 Å². The second kappa shape index (κ2) is 7.49. The minimum atomic E-state index is -0.408. The second-order valence-corrected chi connectivity index (χ2v) is 9.92. The van der Waals surface area contributed by atoms with Crippen LogP contribution in [0.25, 0.3) is 0 Å². The summed E-state index contributed by atoms with van der Waals surface area (Å²) in [7, 11) is 0. The number of anilines is 1. The highest BCUT2D eigenvalue weighted by molar-refractivity contribution is 5.92. The maximum absolute atomic E-state index is 12.6. The summed E-state index contributed by atoms with van der Waals surface area (Å²) in [6.45, 7) is 14.5. The van der Waals surface area contributed by atoms with Crippen LogP contribution in [0.5, 0.6) is 5.75 Å². The van der Waals surface area contributed by atoms with Gasteiger partial charge in [0.1, 0.15) is 11.4 Å².